The first-order valence-corrected chi connectivity index (χ1v) is 2.03. The van der Waals surface area contributed by atoms with Crippen LogP contribution in [0.1, 0.15) is 0 Å². The molecular weight excluding hydrogens is 80.0 g/mol. The molecule has 0 aromatic heterocycles. The van der Waals surface area contributed by atoms with Crippen molar-refractivity contribution in [1.82, 2.24) is 4.90 Å². The molecule has 0 aromatic rings. The van der Waals surface area contributed by atoms with E-state index in [1.165, 1.54) is 0 Å². The van der Waals surface area contributed by atoms with E-state index in [2.05, 4.69) is 0 Å². The third-order valence-corrected chi connectivity index (χ3v) is 0.547. The van der Waals surface area contributed by atoms with E-state index in [0.717, 1.165) is 6.54 Å². The van der Waals surface area contributed by atoms with E-state index in [-0.39, 0.29) is 6.61 Å². The minimum Gasteiger partial charge on any atom is -0.395 e. The highest BCUT2D eigenvalue weighted by Crippen LogP contribution is 1.66. The Kier molecular flexibility index (Phi) is 3.08. The SMILES string of the molecule is CN(C)C[14CH2]O. The monoisotopic (exact) mass is 91.1 g/mol. The summed E-state index contributed by atoms with van der Waals surface area (Å²) in [6.07, 6.45) is 0. The number of likely N-dealkylation sites (N-methyl/N-ethyl adjacent to an activating group) is 1. The summed E-state index contributed by atoms with van der Waals surface area (Å²) in [6, 6.07) is 0. The Bertz CT molecular complexity index is 28.7. The van der Waals surface area contributed by atoms with Gasteiger partial charge in [-0.3, -0.25) is 0 Å². The van der Waals surface area contributed by atoms with Crippen molar-refractivity contribution in [3.8, 4) is 0 Å². The zero-order chi connectivity index (χ0) is 4.99. The summed E-state index contributed by atoms with van der Waals surface area (Å²) in [5.41, 5.74) is 0. The molecule has 6 heavy (non-hydrogen) atoms. The quantitative estimate of drug-likeness (QED) is 0.497. The summed E-state index contributed by atoms with van der Waals surface area (Å²) >= 11 is 0. The van der Waals surface area contributed by atoms with Crippen LogP contribution >= 0.6 is 0 Å². The Morgan fingerprint density at radius 1 is 1.67 bits per heavy atom. The molecule has 0 unspecified atom stereocenters. The van der Waals surface area contributed by atoms with Crippen molar-refractivity contribution in [2.24, 2.45) is 0 Å². The van der Waals surface area contributed by atoms with Gasteiger partial charge in [0.2, 0.25) is 0 Å². The topological polar surface area (TPSA) is 23.5 Å². The largest absolute Gasteiger partial charge is 0.395 e. The number of rotatable bonds is 2. The van der Waals surface area contributed by atoms with E-state index in [1.54, 1.807) is 0 Å². The number of hydrogen-bond acceptors (Lipinski definition) is 2. The second-order valence-electron chi connectivity index (χ2n) is 1.53. The van der Waals surface area contributed by atoms with Crippen LogP contribution in [0.3, 0.4) is 0 Å². The van der Waals surface area contributed by atoms with Crippen LogP contribution in [0.15, 0.2) is 0 Å². The van der Waals surface area contributed by atoms with Gasteiger partial charge in [-0.15, -0.1) is 0 Å². The van der Waals surface area contributed by atoms with Gasteiger partial charge in [-0.05, 0) is 14.1 Å². The average Bonchev–Trinajstić information content (AvgIpc) is 1.35. The van der Waals surface area contributed by atoms with E-state index in [4.69, 9.17) is 5.11 Å². The van der Waals surface area contributed by atoms with Crippen molar-refractivity contribution < 1.29 is 5.11 Å². The highest BCUT2D eigenvalue weighted by molar-refractivity contribution is 4.34. The normalized spacial score (nSPS) is 10.0. The lowest BCUT2D eigenvalue weighted by atomic mass is 10.9. The van der Waals surface area contributed by atoms with Crippen molar-refractivity contribution in [2.75, 3.05) is 27.2 Å². The summed E-state index contributed by atoms with van der Waals surface area (Å²) in [6.45, 7) is 1.02. The molecule has 0 saturated carbocycles. The summed E-state index contributed by atoms with van der Waals surface area (Å²) in [5.74, 6) is 0. The molecule has 0 heterocycles. The van der Waals surface area contributed by atoms with Gasteiger partial charge in [0.25, 0.3) is 0 Å². The highest BCUT2D eigenvalue weighted by Gasteiger charge is 1.80. The van der Waals surface area contributed by atoms with E-state index in [0.29, 0.717) is 0 Å². The van der Waals surface area contributed by atoms with Gasteiger partial charge in [0, 0.05) is 6.54 Å². The molecule has 2 heteroatoms. The lowest BCUT2D eigenvalue weighted by molar-refractivity contribution is 0.243. The first kappa shape index (κ1) is 5.92. The molecule has 0 atom stereocenters. The molecular formula is C4H11NO. The maximum absolute atomic E-state index is 8.20. The molecule has 0 aliphatic carbocycles. The smallest absolute Gasteiger partial charge is 0.0558 e. The fraction of sp³-hybridized carbons (Fsp3) is 1.00. The second-order valence-corrected chi connectivity index (χ2v) is 1.53. The van der Waals surface area contributed by atoms with Gasteiger partial charge in [-0.2, -0.15) is 0 Å². The first-order chi connectivity index (χ1) is 2.77. The maximum Gasteiger partial charge on any atom is 0.0558 e. The zero-order valence-corrected chi connectivity index (χ0v) is 4.31. The van der Waals surface area contributed by atoms with Crippen LogP contribution < -0.4 is 0 Å². The van der Waals surface area contributed by atoms with Crippen LogP contribution in [0.5, 0.6) is 0 Å². The van der Waals surface area contributed by atoms with Gasteiger partial charge >= 0.3 is 0 Å². The number of aliphatic hydroxyl groups is 1. The Morgan fingerprint density at radius 2 is 2.17 bits per heavy atom. The average molecular weight is 91.1 g/mol. The molecule has 0 aliphatic rings. The molecule has 38 valence electrons. The van der Waals surface area contributed by atoms with Crippen LogP contribution in [-0.4, -0.2) is 37.3 Å². The van der Waals surface area contributed by atoms with E-state index in [1.807, 2.05) is 19.0 Å². The molecule has 0 saturated heterocycles. The van der Waals surface area contributed by atoms with E-state index in [9.17, 15) is 0 Å². The molecule has 2 nitrogen and oxygen atoms in total. The van der Waals surface area contributed by atoms with Crippen molar-refractivity contribution in [1.29, 1.82) is 0 Å². The van der Waals surface area contributed by atoms with Gasteiger partial charge in [0.1, 0.15) is 0 Å². The fourth-order valence-electron chi connectivity index (χ4n) is 0.200. The number of aliphatic hydroxyl groups excluding tert-OH is 1. The minimum atomic E-state index is 0.257. The van der Waals surface area contributed by atoms with Crippen molar-refractivity contribution in [2.45, 2.75) is 0 Å². The molecule has 0 bridgehead atoms. The molecule has 0 aliphatic heterocycles. The van der Waals surface area contributed by atoms with Crippen molar-refractivity contribution in [3.05, 3.63) is 0 Å². The molecule has 0 aromatic carbocycles. The highest BCUT2D eigenvalue weighted by atomic mass is 16.5. The molecule has 1 N–H and O–H groups in total. The Hall–Kier alpha value is -0.0800. The lowest BCUT2D eigenvalue weighted by Gasteiger charge is -2.03. The molecule has 0 rings (SSSR count). The van der Waals surface area contributed by atoms with Crippen LogP contribution in [0.4, 0.5) is 0 Å². The number of nitrogens with zero attached hydrogens (tertiary/aromatic N) is 1. The summed E-state index contributed by atoms with van der Waals surface area (Å²) < 4.78 is 0. The lowest BCUT2D eigenvalue weighted by Crippen LogP contribution is -2.15. The summed E-state index contributed by atoms with van der Waals surface area (Å²) in [7, 11) is 3.85. The third kappa shape index (κ3) is 3.92. The Labute approximate surface area is 38.4 Å². The van der Waals surface area contributed by atoms with Crippen LogP contribution in [0.2, 0.25) is 0 Å². The van der Waals surface area contributed by atoms with Gasteiger partial charge in [-0.1, -0.05) is 0 Å². The molecule has 0 fully saturated rings. The maximum atomic E-state index is 8.20. The number of hydrogen-bond donors (Lipinski definition) is 1. The van der Waals surface area contributed by atoms with Crippen molar-refractivity contribution in [3.63, 3.8) is 0 Å². The van der Waals surface area contributed by atoms with Gasteiger partial charge in [-0.25, -0.2) is 0 Å². The summed E-state index contributed by atoms with van der Waals surface area (Å²) in [5, 5.41) is 8.20. The van der Waals surface area contributed by atoms with E-state index >= 15 is 0 Å². The predicted molar refractivity (Wildman–Crippen MR) is 25.6 cm³/mol. The van der Waals surface area contributed by atoms with Crippen LogP contribution in [0, 0.1) is 0 Å². The van der Waals surface area contributed by atoms with Gasteiger partial charge in [0.15, 0.2) is 0 Å². The van der Waals surface area contributed by atoms with Crippen molar-refractivity contribution >= 4 is 0 Å². The zero-order valence-electron chi connectivity index (χ0n) is 4.31. The van der Waals surface area contributed by atoms with Gasteiger partial charge in [0.05, 0.1) is 6.61 Å². The standard InChI is InChI=1S/C4H11NO/c1-5(2)3-4-6/h6H,3-4H2,1-2H3/i4+2. The Morgan fingerprint density at radius 3 is 2.17 bits per heavy atom. The summed E-state index contributed by atoms with van der Waals surface area (Å²) in [4.78, 5) is 1.93. The van der Waals surface area contributed by atoms with E-state index < -0.39 is 0 Å². The third-order valence-electron chi connectivity index (χ3n) is 0.547. The molecule has 0 radical (unpaired) electrons. The molecule has 0 spiro atoms. The first-order valence-electron chi connectivity index (χ1n) is 2.03. The minimum absolute atomic E-state index is 0.257. The Balaban J connectivity index is 2.63. The predicted octanol–water partition coefficient (Wildman–Crippen LogP) is -0.460. The molecule has 0 amide bonds. The van der Waals surface area contributed by atoms with Crippen LogP contribution in [-0.2, 0) is 0 Å². The van der Waals surface area contributed by atoms with Crippen LogP contribution in [0.25, 0.3) is 0 Å². The fourth-order valence-corrected chi connectivity index (χ4v) is 0.200. The second kappa shape index (κ2) is 3.12. The van der Waals surface area contributed by atoms with Gasteiger partial charge < -0.3 is 10.0 Å².